The Balaban J connectivity index is 2.27. The number of benzene rings is 2. The first-order valence-electron chi connectivity index (χ1n) is 6.06. The molecule has 1 unspecified atom stereocenters. The topological polar surface area (TPSA) is 20.2 Å². The second kappa shape index (κ2) is 5.32. The maximum Gasteiger partial charge on any atom is 0.129 e. The summed E-state index contributed by atoms with van der Waals surface area (Å²) < 4.78 is 13.9. The molecule has 0 saturated heterocycles. The smallest absolute Gasteiger partial charge is 0.129 e. The quantitative estimate of drug-likeness (QED) is 0.872. The summed E-state index contributed by atoms with van der Waals surface area (Å²) >= 11 is 0. The molecule has 0 aromatic heterocycles. The van der Waals surface area contributed by atoms with Gasteiger partial charge >= 0.3 is 0 Å². The number of aliphatic hydroxyl groups is 1. The Morgan fingerprint density at radius 3 is 2.39 bits per heavy atom. The average molecular weight is 244 g/mol. The van der Waals surface area contributed by atoms with E-state index < -0.39 is 6.10 Å². The van der Waals surface area contributed by atoms with E-state index in [9.17, 15) is 9.50 Å². The van der Waals surface area contributed by atoms with Gasteiger partial charge in [0, 0.05) is 12.0 Å². The van der Waals surface area contributed by atoms with Crippen LogP contribution in [-0.2, 0) is 6.42 Å². The molecule has 2 aromatic carbocycles. The van der Waals surface area contributed by atoms with Crippen molar-refractivity contribution in [2.75, 3.05) is 0 Å². The summed E-state index contributed by atoms with van der Waals surface area (Å²) in [7, 11) is 0. The van der Waals surface area contributed by atoms with E-state index in [4.69, 9.17) is 0 Å². The maximum absolute atomic E-state index is 13.9. The SMILES string of the molecule is Cc1cc(C)c(C(O)Cc2ccccc2)c(F)c1. The fraction of sp³-hybridized carbons (Fsp3) is 0.250. The number of aliphatic hydroxyl groups excluding tert-OH is 1. The fourth-order valence-electron chi connectivity index (χ4n) is 2.29. The molecule has 0 aliphatic carbocycles. The minimum Gasteiger partial charge on any atom is -0.388 e. The average Bonchev–Trinajstić information content (AvgIpc) is 2.28. The third kappa shape index (κ3) is 2.77. The second-order valence-corrected chi connectivity index (χ2v) is 4.68. The molecule has 0 bridgehead atoms. The zero-order valence-corrected chi connectivity index (χ0v) is 10.7. The van der Waals surface area contributed by atoms with Gasteiger partial charge in [-0.1, -0.05) is 36.4 Å². The third-order valence-corrected chi connectivity index (χ3v) is 3.09. The van der Waals surface area contributed by atoms with Gasteiger partial charge in [-0.25, -0.2) is 4.39 Å². The van der Waals surface area contributed by atoms with Crippen molar-refractivity contribution in [3.05, 3.63) is 70.5 Å². The molecule has 0 saturated carbocycles. The van der Waals surface area contributed by atoms with E-state index in [2.05, 4.69) is 0 Å². The molecule has 1 nitrogen and oxygen atoms in total. The number of hydrogen-bond acceptors (Lipinski definition) is 1. The monoisotopic (exact) mass is 244 g/mol. The van der Waals surface area contributed by atoms with Crippen molar-refractivity contribution in [2.45, 2.75) is 26.4 Å². The molecule has 2 heteroatoms. The Morgan fingerprint density at radius 2 is 1.78 bits per heavy atom. The van der Waals surface area contributed by atoms with Gasteiger partial charge in [-0.15, -0.1) is 0 Å². The van der Waals surface area contributed by atoms with E-state index in [1.165, 1.54) is 6.07 Å². The normalized spacial score (nSPS) is 12.4. The predicted octanol–water partition coefficient (Wildman–Crippen LogP) is 3.72. The first kappa shape index (κ1) is 12.8. The molecule has 0 spiro atoms. The van der Waals surface area contributed by atoms with Gasteiger partial charge in [0.2, 0.25) is 0 Å². The van der Waals surface area contributed by atoms with Crippen LogP contribution in [0, 0.1) is 19.7 Å². The zero-order chi connectivity index (χ0) is 13.1. The van der Waals surface area contributed by atoms with Crippen molar-refractivity contribution in [2.24, 2.45) is 0 Å². The molecule has 0 fully saturated rings. The van der Waals surface area contributed by atoms with Crippen LogP contribution < -0.4 is 0 Å². The highest BCUT2D eigenvalue weighted by Crippen LogP contribution is 2.25. The lowest BCUT2D eigenvalue weighted by molar-refractivity contribution is 0.173. The highest BCUT2D eigenvalue weighted by Gasteiger charge is 2.16. The largest absolute Gasteiger partial charge is 0.388 e. The molecular weight excluding hydrogens is 227 g/mol. The number of rotatable bonds is 3. The van der Waals surface area contributed by atoms with Crippen molar-refractivity contribution in [3.63, 3.8) is 0 Å². The van der Waals surface area contributed by atoms with Crippen LogP contribution in [0.1, 0.15) is 28.4 Å². The molecule has 0 heterocycles. The Bertz CT molecular complexity index is 511. The molecule has 1 atom stereocenters. The van der Waals surface area contributed by atoms with E-state index in [0.29, 0.717) is 12.0 Å². The fourth-order valence-corrected chi connectivity index (χ4v) is 2.29. The molecule has 2 aromatic rings. The van der Waals surface area contributed by atoms with E-state index in [-0.39, 0.29) is 5.82 Å². The minimum absolute atomic E-state index is 0.323. The van der Waals surface area contributed by atoms with Gasteiger partial charge in [0.25, 0.3) is 0 Å². The molecule has 94 valence electrons. The van der Waals surface area contributed by atoms with Gasteiger partial charge in [0.05, 0.1) is 6.10 Å². The number of aryl methyl sites for hydroxylation is 2. The van der Waals surface area contributed by atoms with Gasteiger partial charge in [0.1, 0.15) is 5.82 Å². The van der Waals surface area contributed by atoms with E-state index >= 15 is 0 Å². The van der Waals surface area contributed by atoms with Crippen molar-refractivity contribution in [1.29, 1.82) is 0 Å². The van der Waals surface area contributed by atoms with Crippen LogP contribution in [0.15, 0.2) is 42.5 Å². The van der Waals surface area contributed by atoms with Gasteiger partial charge in [-0.2, -0.15) is 0 Å². The van der Waals surface area contributed by atoms with Crippen molar-refractivity contribution in [1.82, 2.24) is 0 Å². The van der Waals surface area contributed by atoms with E-state index in [1.54, 1.807) is 0 Å². The Kier molecular flexibility index (Phi) is 3.78. The van der Waals surface area contributed by atoms with Crippen molar-refractivity contribution >= 4 is 0 Å². The highest BCUT2D eigenvalue weighted by atomic mass is 19.1. The van der Waals surface area contributed by atoms with E-state index in [0.717, 1.165) is 16.7 Å². The van der Waals surface area contributed by atoms with Crippen molar-refractivity contribution in [3.8, 4) is 0 Å². The summed E-state index contributed by atoms with van der Waals surface area (Å²) in [5.74, 6) is -0.323. The Labute approximate surface area is 107 Å². The molecule has 0 aliphatic heterocycles. The first-order valence-corrected chi connectivity index (χ1v) is 6.06. The van der Waals surface area contributed by atoms with Crippen LogP contribution >= 0.6 is 0 Å². The lowest BCUT2D eigenvalue weighted by Gasteiger charge is -2.15. The molecule has 0 amide bonds. The summed E-state index contributed by atoms with van der Waals surface area (Å²) in [6.45, 7) is 3.68. The Hall–Kier alpha value is -1.67. The van der Waals surface area contributed by atoms with Gasteiger partial charge in [-0.3, -0.25) is 0 Å². The van der Waals surface area contributed by atoms with E-state index in [1.807, 2.05) is 50.2 Å². The van der Waals surface area contributed by atoms with Crippen LogP contribution in [0.25, 0.3) is 0 Å². The molecule has 0 aliphatic rings. The molecular formula is C16H17FO. The van der Waals surface area contributed by atoms with Gasteiger partial charge in [0.15, 0.2) is 0 Å². The van der Waals surface area contributed by atoms with Crippen LogP contribution in [-0.4, -0.2) is 5.11 Å². The third-order valence-electron chi connectivity index (χ3n) is 3.09. The highest BCUT2D eigenvalue weighted by molar-refractivity contribution is 5.34. The van der Waals surface area contributed by atoms with Gasteiger partial charge < -0.3 is 5.11 Å². The molecule has 0 radical (unpaired) electrons. The lowest BCUT2D eigenvalue weighted by Crippen LogP contribution is -2.07. The van der Waals surface area contributed by atoms with Crippen LogP contribution in [0.3, 0.4) is 0 Å². The predicted molar refractivity (Wildman–Crippen MR) is 71.0 cm³/mol. The minimum atomic E-state index is -0.798. The number of halogens is 1. The van der Waals surface area contributed by atoms with Crippen molar-refractivity contribution < 1.29 is 9.50 Å². The van der Waals surface area contributed by atoms with Crippen LogP contribution in [0.2, 0.25) is 0 Å². The summed E-state index contributed by atoms with van der Waals surface area (Å²) in [4.78, 5) is 0. The van der Waals surface area contributed by atoms with Crippen LogP contribution in [0.5, 0.6) is 0 Å². The molecule has 2 rings (SSSR count). The lowest BCUT2D eigenvalue weighted by atomic mass is 9.96. The second-order valence-electron chi connectivity index (χ2n) is 4.68. The van der Waals surface area contributed by atoms with Crippen LogP contribution in [0.4, 0.5) is 4.39 Å². The first-order chi connectivity index (χ1) is 8.58. The Morgan fingerprint density at radius 1 is 1.11 bits per heavy atom. The summed E-state index contributed by atoms with van der Waals surface area (Å²) in [6.07, 6.45) is -0.366. The van der Waals surface area contributed by atoms with Gasteiger partial charge in [-0.05, 0) is 36.6 Å². The summed E-state index contributed by atoms with van der Waals surface area (Å²) in [6, 6.07) is 13.0. The zero-order valence-electron chi connectivity index (χ0n) is 10.7. The standard InChI is InChI=1S/C16H17FO/c1-11-8-12(2)16(14(17)9-11)15(18)10-13-6-4-3-5-7-13/h3-9,15,18H,10H2,1-2H3. The molecule has 1 N–H and O–H groups in total. The molecule has 18 heavy (non-hydrogen) atoms. The maximum atomic E-state index is 13.9. The summed E-state index contributed by atoms with van der Waals surface area (Å²) in [5, 5.41) is 10.2. The summed E-state index contributed by atoms with van der Waals surface area (Å²) in [5.41, 5.74) is 3.09. The number of hydrogen-bond donors (Lipinski definition) is 1.